The molecule has 0 aromatic carbocycles. The summed E-state index contributed by atoms with van der Waals surface area (Å²) in [6.45, 7) is 6.55. The zero-order valence-electron chi connectivity index (χ0n) is 52.1. The number of allylic oxidation sites excluding steroid dienone is 16. The van der Waals surface area contributed by atoms with Gasteiger partial charge in [0.25, 0.3) is 0 Å². The maximum absolute atomic E-state index is 12.9. The van der Waals surface area contributed by atoms with E-state index in [0.29, 0.717) is 19.3 Å². The maximum atomic E-state index is 12.9. The van der Waals surface area contributed by atoms with Gasteiger partial charge in [-0.05, 0) is 83.5 Å². The smallest absolute Gasteiger partial charge is 0.306 e. The Morgan fingerprint density at radius 1 is 0.266 bits per heavy atom. The molecule has 1 unspecified atom stereocenters. The van der Waals surface area contributed by atoms with Gasteiger partial charge in [-0.2, -0.15) is 0 Å². The Morgan fingerprint density at radius 2 is 0.494 bits per heavy atom. The Balaban J connectivity index is 4.27. The van der Waals surface area contributed by atoms with Crippen molar-refractivity contribution in [3.8, 4) is 0 Å². The van der Waals surface area contributed by atoms with Gasteiger partial charge in [0, 0.05) is 19.3 Å². The second-order valence-electron chi connectivity index (χ2n) is 22.4. The zero-order chi connectivity index (χ0) is 57.1. The van der Waals surface area contributed by atoms with Crippen LogP contribution in [0.1, 0.15) is 329 Å². The molecule has 0 N–H and O–H groups in total. The Labute approximate surface area is 489 Å². The molecule has 79 heavy (non-hydrogen) atoms. The minimum Gasteiger partial charge on any atom is -0.462 e. The summed E-state index contributed by atoms with van der Waals surface area (Å²) in [7, 11) is 0. The predicted molar refractivity (Wildman–Crippen MR) is 344 cm³/mol. The molecule has 0 radical (unpaired) electrons. The molecular weight excluding hydrogens is 973 g/mol. The fourth-order valence-electron chi connectivity index (χ4n) is 9.58. The van der Waals surface area contributed by atoms with E-state index in [1.54, 1.807) is 0 Å². The highest BCUT2D eigenvalue weighted by molar-refractivity contribution is 5.71. The van der Waals surface area contributed by atoms with Gasteiger partial charge in [0.1, 0.15) is 13.2 Å². The standard InChI is InChI=1S/C73H126O6/c1-4-7-10-13-16-19-22-24-26-28-30-31-32-33-34-35-36-37-38-39-40-41-43-44-46-48-51-54-57-60-63-66-72(75)78-69-70(68-77-71(74)65-62-59-56-53-50-21-18-15-12-9-6-3)79-73(76)67-64-61-58-55-52-49-47-45-42-29-27-25-23-20-17-14-11-8-5-2/h7,10,16,19,24,26,30-31,33-34,36-37,39-40,43-44,70H,4-6,8-9,11-15,17-18,20-23,25,27-29,32,35,38,41-42,45-69H2,1-3H3/b10-7-,19-16-,26-24-,31-30-,34-33-,37-36-,40-39-,44-43-. The number of rotatable bonds is 61. The van der Waals surface area contributed by atoms with E-state index in [1.165, 1.54) is 167 Å². The van der Waals surface area contributed by atoms with Crippen LogP contribution in [0.2, 0.25) is 0 Å². The number of carbonyl (C=O) groups is 3. The molecule has 454 valence electrons. The van der Waals surface area contributed by atoms with Crippen molar-refractivity contribution in [1.29, 1.82) is 0 Å². The van der Waals surface area contributed by atoms with Crippen molar-refractivity contribution in [1.82, 2.24) is 0 Å². The van der Waals surface area contributed by atoms with E-state index in [2.05, 4.69) is 118 Å². The summed E-state index contributed by atoms with van der Waals surface area (Å²) in [4.78, 5) is 38.3. The fourth-order valence-corrected chi connectivity index (χ4v) is 9.58. The van der Waals surface area contributed by atoms with Crippen LogP contribution in [-0.2, 0) is 28.6 Å². The van der Waals surface area contributed by atoms with Gasteiger partial charge in [-0.1, -0.05) is 323 Å². The molecule has 0 heterocycles. The molecule has 0 aromatic heterocycles. The van der Waals surface area contributed by atoms with Crippen molar-refractivity contribution in [3.63, 3.8) is 0 Å². The molecular formula is C73H126O6. The van der Waals surface area contributed by atoms with Crippen molar-refractivity contribution < 1.29 is 28.6 Å². The first kappa shape index (κ1) is 75.3. The van der Waals surface area contributed by atoms with Gasteiger partial charge in [0.15, 0.2) is 6.10 Å². The lowest BCUT2D eigenvalue weighted by atomic mass is 10.0. The first-order chi connectivity index (χ1) is 39.0. The number of hydrogen-bond acceptors (Lipinski definition) is 6. The Kier molecular flexibility index (Phi) is 63.7. The summed E-state index contributed by atoms with van der Waals surface area (Å²) in [5.74, 6) is -0.878. The van der Waals surface area contributed by atoms with Crippen LogP contribution in [0.3, 0.4) is 0 Å². The summed E-state index contributed by atoms with van der Waals surface area (Å²) in [5, 5.41) is 0. The molecule has 6 nitrogen and oxygen atoms in total. The van der Waals surface area contributed by atoms with E-state index in [-0.39, 0.29) is 31.1 Å². The SMILES string of the molecule is CC/C=C\C/C=C\C/C=C\C/C=C\C/C=C\C/C=C\C/C=C\C/C=C\CCCCCCCCC(=O)OCC(COC(=O)CCCCCCCCCCCCC)OC(=O)CCCCCCCCCCCCCCCCCCCCC. The van der Waals surface area contributed by atoms with E-state index in [9.17, 15) is 14.4 Å². The summed E-state index contributed by atoms with van der Waals surface area (Å²) in [5.41, 5.74) is 0. The minimum atomic E-state index is -0.781. The molecule has 0 rings (SSSR count). The Bertz CT molecular complexity index is 1540. The predicted octanol–water partition coefficient (Wildman–Crippen LogP) is 23.2. The molecule has 0 bridgehead atoms. The van der Waals surface area contributed by atoms with E-state index in [1.807, 2.05) is 0 Å². The average Bonchev–Trinajstić information content (AvgIpc) is 3.45. The summed E-state index contributed by atoms with van der Waals surface area (Å²) >= 11 is 0. The molecule has 0 aliphatic rings. The van der Waals surface area contributed by atoms with Crippen LogP contribution in [0.25, 0.3) is 0 Å². The molecule has 0 aliphatic heterocycles. The van der Waals surface area contributed by atoms with E-state index in [0.717, 1.165) is 122 Å². The third-order valence-corrected chi connectivity index (χ3v) is 14.6. The molecule has 0 aliphatic carbocycles. The zero-order valence-corrected chi connectivity index (χ0v) is 52.1. The molecule has 0 amide bonds. The van der Waals surface area contributed by atoms with Crippen molar-refractivity contribution in [2.45, 2.75) is 335 Å². The van der Waals surface area contributed by atoms with Crippen LogP contribution < -0.4 is 0 Å². The van der Waals surface area contributed by atoms with Crippen LogP contribution in [-0.4, -0.2) is 37.2 Å². The highest BCUT2D eigenvalue weighted by Crippen LogP contribution is 2.17. The number of hydrogen-bond donors (Lipinski definition) is 0. The first-order valence-electron chi connectivity index (χ1n) is 33.7. The van der Waals surface area contributed by atoms with E-state index >= 15 is 0 Å². The summed E-state index contributed by atoms with van der Waals surface area (Å²) in [6, 6.07) is 0. The quantitative estimate of drug-likeness (QED) is 0.0261. The summed E-state index contributed by atoms with van der Waals surface area (Å²) < 4.78 is 16.9. The lowest BCUT2D eigenvalue weighted by Crippen LogP contribution is -2.30. The third kappa shape index (κ3) is 65.0. The van der Waals surface area contributed by atoms with Crippen LogP contribution in [0.5, 0.6) is 0 Å². The largest absolute Gasteiger partial charge is 0.462 e. The van der Waals surface area contributed by atoms with Crippen LogP contribution in [0.4, 0.5) is 0 Å². The van der Waals surface area contributed by atoms with Gasteiger partial charge in [-0.25, -0.2) is 0 Å². The van der Waals surface area contributed by atoms with Crippen LogP contribution >= 0.6 is 0 Å². The molecule has 0 saturated heterocycles. The number of esters is 3. The molecule has 0 saturated carbocycles. The van der Waals surface area contributed by atoms with Gasteiger partial charge in [-0.15, -0.1) is 0 Å². The van der Waals surface area contributed by atoms with Gasteiger partial charge >= 0.3 is 17.9 Å². The number of carbonyl (C=O) groups excluding carboxylic acids is 3. The van der Waals surface area contributed by atoms with Crippen molar-refractivity contribution >= 4 is 17.9 Å². The van der Waals surface area contributed by atoms with Crippen LogP contribution in [0.15, 0.2) is 97.2 Å². The monoisotopic (exact) mass is 1100 g/mol. The molecule has 6 heteroatoms. The second kappa shape index (κ2) is 66.8. The Morgan fingerprint density at radius 3 is 0.772 bits per heavy atom. The molecule has 0 fully saturated rings. The second-order valence-corrected chi connectivity index (χ2v) is 22.4. The highest BCUT2D eigenvalue weighted by atomic mass is 16.6. The summed E-state index contributed by atoms with van der Waals surface area (Å²) in [6.07, 6.45) is 89.9. The van der Waals surface area contributed by atoms with E-state index in [4.69, 9.17) is 14.2 Å². The van der Waals surface area contributed by atoms with Crippen molar-refractivity contribution in [3.05, 3.63) is 97.2 Å². The van der Waals surface area contributed by atoms with Gasteiger partial charge in [0.05, 0.1) is 0 Å². The topological polar surface area (TPSA) is 78.9 Å². The van der Waals surface area contributed by atoms with Gasteiger partial charge < -0.3 is 14.2 Å². The first-order valence-corrected chi connectivity index (χ1v) is 33.7. The van der Waals surface area contributed by atoms with Crippen molar-refractivity contribution in [2.24, 2.45) is 0 Å². The lowest BCUT2D eigenvalue weighted by molar-refractivity contribution is -0.167. The van der Waals surface area contributed by atoms with Gasteiger partial charge in [-0.3, -0.25) is 14.4 Å². The number of ether oxygens (including phenoxy) is 3. The third-order valence-electron chi connectivity index (χ3n) is 14.6. The van der Waals surface area contributed by atoms with Crippen molar-refractivity contribution in [2.75, 3.05) is 13.2 Å². The average molecular weight is 1100 g/mol. The van der Waals surface area contributed by atoms with E-state index < -0.39 is 6.10 Å². The molecule has 0 aromatic rings. The van der Waals surface area contributed by atoms with Crippen LogP contribution in [0, 0.1) is 0 Å². The fraction of sp³-hybridized carbons (Fsp3) is 0.740. The minimum absolute atomic E-state index is 0.0773. The van der Waals surface area contributed by atoms with Gasteiger partial charge in [0.2, 0.25) is 0 Å². The normalized spacial score (nSPS) is 12.7. The highest BCUT2D eigenvalue weighted by Gasteiger charge is 2.19. The molecule has 1 atom stereocenters. The maximum Gasteiger partial charge on any atom is 0.306 e. The lowest BCUT2D eigenvalue weighted by Gasteiger charge is -2.18. The Hall–Kier alpha value is -3.67. The molecule has 0 spiro atoms. The number of unbranched alkanes of at least 4 members (excludes halogenated alkanes) is 34.